The maximum Gasteiger partial charge on any atom is 0.211 e. The van der Waals surface area contributed by atoms with Gasteiger partial charge in [0.2, 0.25) is 10.0 Å². The molecule has 1 heterocycles. The smallest absolute Gasteiger partial charge is 0.211 e. The number of ether oxygens (including phenoxy) is 1. The summed E-state index contributed by atoms with van der Waals surface area (Å²) in [4.78, 5) is 6.37. The summed E-state index contributed by atoms with van der Waals surface area (Å²) in [5, 5.41) is 3.40. The first-order chi connectivity index (χ1) is 12.8. The summed E-state index contributed by atoms with van der Waals surface area (Å²) in [6.07, 6.45) is 3.02. The first-order valence-electron chi connectivity index (χ1n) is 9.36. The van der Waals surface area contributed by atoms with Crippen molar-refractivity contribution in [2.75, 3.05) is 53.1 Å². The normalized spacial score (nSPS) is 16.4. The van der Waals surface area contributed by atoms with E-state index in [1.165, 1.54) is 11.8 Å². The number of rotatable bonds is 7. The highest BCUT2D eigenvalue weighted by atomic mass is 127. The van der Waals surface area contributed by atoms with Crippen LogP contribution in [0.25, 0.3) is 0 Å². The minimum atomic E-state index is -3.07. The summed E-state index contributed by atoms with van der Waals surface area (Å²) in [6, 6.07) is 8.03. The van der Waals surface area contributed by atoms with Gasteiger partial charge in [0.25, 0.3) is 0 Å². The summed E-state index contributed by atoms with van der Waals surface area (Å²) in [5.41, 5.74) is 1.21. The third-order valence-corrected chi connectivity index (χ3v) is 6.18. The van der Waals surface area contributed by atoms with Crippen LogP contribution in [0.15, 0.2) is 29.3 Å². The van der Waals surface area contributed by atoms with Crippen LogP contribution in [0.4, 0.5) is 0 Å². The first kappa shape index (κ1) is 25.0. The Morgan fingerprint density at radius 3 is 2.43 bits per heavy atom. The quantitative estimate of drug-likeness (QED) is 0.336. The van der Waals surface area contributed by atoms with Crippen molar-refractivity contribution in [2.45, 2.75) is 19.8 Å². The van der Waals surface area contributed by atoms with E-state index in [9.17, 15) is 8.42 Å². The third kappa shape index (κ3) is 8.12. The Bertz CT molecular complexity index is 717. The van der Waals surface area contributed by atoms with E-state index in [0.717, 1.165) is 37.6 Å². The molecule has 9 heteroatoms. The van der Waals surface area contributed by atoms with Gasteiger partial charge in [0, 0.05) is 33.7 Å². The molecule has 0 atom stereocenters. The van der Waals surface area contributed by atoms with Crippen LogP contribution in [0.1, 0.15) is 18.4 Å². The molecule has 1 aromatic rings. The van der Waals surface area contributed by atoms with Gasteiger partial charge in [-0.05, 0) is 37.8 Å². The third-order valence-electron chi connectivity index (χ3n) is 4.88. The van der Waals surface area contributed by atoms with Crippen LogP contribution in [-0.4, -0.2) is 76.7 Å². The zero-order valence-electron chi connectivity index (χ0n) is 17.2. The van der Waals surface area contributed by atoms with Gasteiger partial charge in [-0.2, -0.15) is 0 Å². The monoisotopic (exact) mass is 524 g/mol. The summed E-state index contributed by atoms with van der Waals surface area (Å²) < 4.78 is 30.5. The molecule has 0 amide bonds. The predicted molar refractivity (Wildman–Crippen MR) is 125 cm³/mol. The second kappa shape index (κ2) is 11.8. The largest absolute Gasteiger partial charge is 0.492 e. The number of aliphatic imine (C=N–C) groups is 1. The van der Waals surface area contributed by atoms with Crippen LogP contribution < -0.4 is 10.1 Å². The van der Waals surface area contributed by atoms with Crippen LogP contribution in [-0.2, 0) is 10.0 Å². The van der Waals surface area contributed by atoms with Crippen LogP contribution in [0.3, 0.4) is 0 Å². The average Bonchev–Trinajstić information content (AvgIpc) is 2.63. The number of guanidine groups is 1. The van der Waals surface area contributed by atoms with Crippen molar-refractivity contribution in [1.82, 2.24) is 14.5 Å². The molecule has 0 aliphatic carbocycles. The van der Waals surface area contributed by atoms with E-state index in [1.807, 2.05) is 36.2 Å². The fourth-order valence-electron chi connectivity index (χ4n) is 3.11. The van der Waals surface area contributed by atoms with E-state index in [0.29, 0.717) is 25.6 Å². The molecule has 1 fully saturated rings. The second-order valence-corrected chi connectivity index (χ2v) is 9.10. The molecule has 2 rings (SSSR count). The number of aryl methyl sites for hydroxylation is 1. The molecule has 0 spiro atoms. The van der Waals surface area contributed by atoms with Crippen molar-refractivity contribution in [3.63, 3.8) is 0 Å². The Balaban J connectivity index is 0.00000392. The van der Waals surface area contributed by atoms with Crippen molar-refractivity contribution in [3.05, 3.63) is 29.8 Å². The fraction of sp³-hybridized carbons (Fsp3) is 0.632. The van der Waals surface area contributed by atoms with Crippen molar-refractivity contribution in [3.8, 4) is 5.75 Å². The molecule has 28 heavy (non-hydrogen) atoms. The highest BCUT2D eigenvalue weighted by Crippen LogP contribution is 2.18. The Hall–Kier alpha value is -1.07. The number of hydrogen-bond acceptors (Lipinski definition) is 4. The Morgan fingerprint density at radius 2 is 1.89 bits per heavy atom. The van der Waals surface area contributed by atoms with Gasteiger partial charge in [-0.15, -0.1) is 24.0 Å². The summed E-state index contributed by atoms with van der Waals surface area (Å²) >= 11 is 0. The molecular weight excluding hydrogens is 491 g/mol. The van der Waals surface area contributed by atoms with E-state index < -0.39 is 10.0 Å². The Kier molecular flexibility index (Phi) is 10.5. The number of benzene rings is 1. The second-order valence-electron chi connectivity index (χ2n) is 7.12. The number of halogens is 1. The van der Waals surface area contributed by atoms with Gasteiger partial charge in [-0.3, -0.25) is 4.99 Å². The van der Waals surface area contributed by atoms with E-state index in [-0.39, 0.29) is 24.0 Å². The Morgan fingerprint density at radius 1 is 1.29 bits per heavy atom. The molecule has 0 radical (unpaired) electrons. The molecule has 1 aliphatic heterocycles. The van der Waals surface area contributed by atoms with Crippen molar-refractivity contribution in [1.29, 1.82) is 0 Å². The van der Waals surface area contributed by atoms with Gasteiger partial charge in [0.1, 0.15) is 12.4 Å². The van der Waals surface area contributed by atoms with Gasteiger partial charge in [-0.25, -0.2) is 12.7 Å². The van der Waals surface area contributed by atoms with E-state index in [1.54, 1.807) is 11.4 Å². The van der Waals surface area contributed by atoms with Gasteiger partial charge < -0.3 is 15.0 Å². The molecule has 0 saturated carbocycles. The highest BCUT2D eigenvalue weighted by molar-refractivity contribution is 14.0. The lowest BCUT2D eigenvalue weighted by molar-refractivity contribution is 0.267. The maximum absolute atomic E-state index is 11.6. The summed E-state index contributed by atoms with van der Waals surface area (Å²) in [5.74, 6) is 2.15. The molecule has 1 saturated heterocycles. The SMILES string of the molecule is CN=C(NCC1CCN(S(C)(=O)=O)CC1)N(C)CCOc1ccc(C)cc1.I. The molecule has 1 aliphatic rings. The number of nitrogens with zero attached hydrogens (tertiary/aromatic N) is 3. The highest BCUT2D eigenvalue weighted by Gasteiger charge is 2.25. The van der Waals surface area contributed by atoms with E-state index in [4.69, 9.17) is 4.74 Å². The molecule has 0 bridgehead atoms. The van der Waals surface area contributed by atoms with Crippen LogP contribution in [0.2, 0.25) is 0 Å². The molecule has 7 nitrogen and oxygen atoms in total. The van der Waals surface area contributed by atoms with Crippen LogP contribution >= 0.6 is 24.0 Å². The van der Waals surface area contributed by atoms with Gasteiger partial charge >= 0.3 is 0 Å². The minimum absolute atomic E-state index is 0. The van der Waals surface area contributed by atoms with Gasteiger partial charge in [0.15, 0.2) is 5.96 Å². The van der Waals surface area contributed by atoms with E-state index in [2.05, 4.69) is 17.2 Å². The molecule has 0 unspecified atom stereocenters. The van der Waals surface area contributed by atoms with Crippen molar-refractivity contribution < 1.29 is 13.2 Å². The zero-order chi connectivity index (χ0) is 19.9. The number of nitrogens with one attached hydrogen (secondary N) is 1. The van der Waals surface area contributed by atoms with Crippen LogP contribution in [0.5, 0.6) is 5.75 Å². The number of likely N-dealkylation sites (N-methyl/N-ethyl adjacent to an activating group) is 1. The standard InChI is InChI=1S/C19H32N4O3S.HI/c1-16-5-7-18(8-6-16)26-14-13-22(3)19(20-2)21-15-17-9-11-23(12-10-17)27(4,24)25;/h5-8,17H,9-15H2,1-4H3,(H,20,21);1H. The predicted octanol–water partition coefficient (Wildman–Crippen LogP) is 2.17. The molecule has 160 valence electrons. The summed E-state index contributed by atoms with van der Waals surface area (Å²) in [7, 11) is 0.689. The topological polar surface area (TPSA) is 74.2 Å². The zero-order valence-corrected chi connectivity index (χ0v) is 20.4. The molecule has 0 aromatic heterocycles. The van der Waals surface area contributed by atoms with Crippen LogP contribution in [0, 0.1) is 12.8 Å². The maximum atomic E-state index is 11.6. The number of hydrogen-bond donors (Lipinski definition) is 1. The number of piperidine rings is 1. The first-order valence-corrected chi connectivity index (χ1v) is 11.2. The average molecular weight is 524 g/mol. The van der Waals surface area contributed by atoms with Gasteiger partial charge in [-0.1, -0.05) is 17.7 Å². The minimum Gasteiger partial charge on any atom is -0.492 e. The lowest BCUT2D eigenvalue weighted by atomic mass is 9.98. The number of sulfonamides is 1. The van der Waals surface area contributed by atoms with E-state index >= 15 is 0 Å². The fourth-order valence-corrected chi connectivity index (χ4v) is 3.98. The molecule has 1 N–H and O–H groups in total. The van der Waals surface area contributed by atoms with Crippen molar-refractivity contribution in [2.24, 2.45) is 10.9 Å². The van der Waals surface area contributed by atoms with Crippen molar-refractivity contribution >= 4 is 40.0 Å². The summed E-state index contributed by atoms with van der Waals surface area (Å²) in [6.45, 7) is 5.35. The van der Waals surface area contributed by atoms with Gasteiger partial charge in [0.05, 0.1) is 12.8 Å². The lowest BCUT2D eigenvalue weighted by Crippen LogP contribution is -2.45. The molecule has 1 aromatic carbocycles. The lowest BCUT2D eigenvalue weighted by Gasteiger charge is -2.31. The Labute approximate surface area is 186 Å². The molecular formula is C19H33IN4O3S.